The van der Waals surface area contributed by atoms with E-state index in [1.54, 1.807) is 12.1 Å². The summed E-state index contributed by atoms with van der Waals surface area (Å²) in [5, 5.41) is 4.12. The number of rotatable bonds is 4. The van der Waals surface area contributed by atoms with Gasteiger partial charge in [-0.25, -0.2) is 5.43 Å². The molecule has 4 nitrogen and oxygen atoms in total. The Morgan fingerprint density at radius 3 is 2.25 bits per heavy atom. The number of hydrogen-bond donors (Lipinski definition) is 1. The Kier molecular flexibility index (Phi) is 4.91. The summed E-state index contributed by atoms with van der Waals surface area (Å²) in [4.78, 5) is 11.9. The first-order valence-corrected chi connectivity index (χ1v) is 8.18. The fraction of sp³-hybridized carbons (Fsp3) is 0.0526. The molecule has 0 spiro atoms. The Hall–Kier alpha value is -2.66. The van der Waals surface area contributed by atoms with Crippen LogP contribution in [-0.2, 0) is 0 Å². The molecule has 24 heavy (non-hydrogen) atoms. The molecule has 1 heterocycles. The second-order valence-corrected chi connectivity index (χ2v) is 5.97. The molecule has 0 unspecified atom stereocenters. The van der Waals surface area contributed by atoms with E-state index in [0.717, 1.165) is 16.7 Å². The van der Waals surface area contributed by atoms with Crippen molar-refractivity contribution >= 4 is 27.5 Å². The number of amides is 1. The average Bonchev–Trinajstić information content (AvgIpc) is 3.07. The largest absolute Gasteiger partial charge is 0.444 e. The summed E-state index contributed by atoms with van der Waals surface area (Å²) in [5.74, 6) is -0.182. The van der Waals surface area contributed by atoms with Gasteiger partial charge >= 0.3 is 5.91 Å². The third kappa shape index (κ3) is 3.81. The lowest BCUT2D eigenvalue weighted by Crippen LogP contribution is -2.18. The van der Waals surface area contributed by atoms with Crippen LogP contribution in [-0.4, -0.2) is 11.6 Å². The molecule has 120 valence electrons. The Morgan fingerprint density at radius 1 is 0.958 bits per heavy atom. The molecule has 0 aliphatic carbocycles. The zero-order valence-corrected chi connectivity index (χ0v) is 14.6. The summed E-state index contributed by atoms with van der Waals surface area (Å²) in [6.45, 7) is 1.84. The van der Waals surface area contributed by atoms with Crippen molar-refractivity contribution < 1.29 is 9.21 Å². The molecule has 3 aromatic rings. The van der Waals surface area contributed by atoms with Crippen LogP contribution in [0.1, 0.15) is 23.0 Å². The van der Waals surface area contributed by atoms with Gasteiger partial charge in [0, 0.05) is 0 Å². The third-order valence-electron chi connectivity index (χ3n) is 3.53. The number of furan rings is 1. The van der Waals surface area contributed by atoms with Crippen LogP contribution < -0.4 is 5.43 Å². The SMILES string of the molecule is C/C(=N\NC(=O)c1ccc(Br)o1)c1ccc(-c2ccccc2)cc1. The van der Waals surface area contributed by atoms with Gasteiger partial charge in [0.2, 0.25) is 0 Å². The number of carbonyl (C=O) groups excluding carboxylic acids is 1. The fourth-order valence-corrected chi connectivity index (χ4v) is 2.53. The van der Waals surface area contributed by atoms with Gasteiger partial charge in [-0.05, 0) is 51.7 Å². The number of hydrazone groups is 1. The standard InChI is InChI=1S/C19H15BrN2O2/c1-13(21-22-19(23)17-11-12-18(20)24-17)14-7-9-16(10-8-14)15-5-3-2-4-6-15/h2-12H,1H3,(H,22,23)/b21-13+. The second-order valence-electron chi connectivity index (χ2n) is 5.19. The van der Waals surface area contributed by atoms with Gasteiger partial charge < -0.3 is 4.42 Å². The van der Waals surface area contributed by atoms with Gasteiger partial charge in [0.25, 0.3) is 0 Å². The summed E-state index contributed by atoms with van der Waals surface area (Å²) >= 11 is 3.16. The zero-order valence-electron chi connectivity index (χ0n) is 13.0. The lowest BCUT2D eigenvalue weighted by molar-refractivity contribution is 0.0926. The van der Waals surface area contributed by atoms with E-state index >= 15 is 0 Å². The molecule has 0 aliphatic rings. The molecule has 5 heteroatoms. The van der Waals surface area contributed by atoms with Gasteiger partial charge in [0.1, 0.15) is 0 Å². The number of benzene rings is 2. The van der Waals surface area contributed by atoms with E-state index in [-0.39, 0.29) is 11.7 Å². The second kappa shape index (κ2) is 7.27. The normalized spacial score (nSPS) is 11.3. The molecule has 0 saturated heterocycles. The third-order valence-corrected chi connectivity index (χ3v) is 3.96. The van der Waals surface area contributed by atoms with Gasteiger partial charge in [0.15, 0.2) is 10.4 Å². The van der Waals surface area contributed by atoms with Crippen LogP contribution in [0.5, 0.6) is 0 Å². The van der Waals surface area contributed by atoms with Crippen molar-refractivity contribution in [2.24, 2.45) is 5.10 Å². The molecule has 0 aliphatic heterocycles. The van der Waals surface area contributed by atoms with Crippen LogP contribution in [0.25, 0.3) is 11.1 Å². The summed E-state index contributed by atoms with van der Waals surface area (Å²) in [6, 6.07) is 21.4. The van der Waals surface area contributed by atoms with Crippen LogP contribution in [0.4, 0.5) is 0 Å². The molecule has 2 aromatic carbocycles. The maximum absolute atomic E-state index is 11.9. The van der Waals surface area contributed by atoms with Crippen LogP contribution in [0.3, 0.4) is 0 Å². The van der Waals surface area contributed by atoms with E-state index in [2.05, 4.69) is 38.6 Å². The average molecular weight is 383 g/mol. The van der Waals surface area contributed by atoms with Gasteiger partial charge in [-0.3, -0.25) is 4.79 Å². The number of hydrogen-bond acceptors (Lipinski definition) is 3. The molecule has 0 bridgehead atoms. The summed E-state index contributed by atoms with van der Waals surface area (Å²) in [6.07, 6.45) is 0. The summed E-state index contributed by atoms with van der Waals surface area (Å²) in [7, 11) is 0. The minimum absolute atomic E-state index is 0.206. The van der Waals surface area contributed by atoms with E-state index in [0.29, 0.717) is 10.4 Å². The van der Waals surface area contributed by atoms with Gasteiger partial charge in [-0.1, -0.05) is 54.6 Å². The zero-order chi connectivity index (χ0) is 16.9. The van der Waals surface area contributed by atoms with Crippen molar-refractivity contribution in [1.29, 1.82) is 0 Å². The Bertz CT molecular complexity index is 868. The van der Waals surface area contributed by atoms with E-state index in [9.17, 15) is 4.79 Å². The minimum Gasteiger partial charge on any atom is -0.444 e. The molecule has 3 rings (SSSR count). The first-order valence-electron chi connectivity index (χ1n) is 7.39. The summed E-state index contributed by atoms with van der Waals surface area (Å²) < 4.78 is 5.69. The quantitative estimate of drug-likeness (QED) is 0.517. The molecule has 1 N–H and O–H groups in total. The molecule has 1 amide bonds. The van der Waals surface area contributed by atoms with E-state index < -0.39 is 0 Å². The van der Waals surface area contributed by atoms with Gasteiger partial charge in [0.05, 0.1) is 5.71 Å². The Morgan fingerprint density at radius 2 is 1.62 bits per heavy atom. The van der Waals surface area contributed by atoms with Crippen LogP contribution in [0.2, 0.25) is 0 Å². The van der Waals surface area contributed by atoms with Crippen molar-refractivity contribution in [2.45, 2.75) is 6.92 Å². The monoisotopic (exact) mass is 382 g/mol. The van der Waals surface area contributed by atoms with E-state index in [1.165, 1.54) is 0 Å². The number of carbonyl (C=O) groups is 1. The molecular weight excluding hydrogens is 368 g/mol. The molecule has 0 saturated carbocycles. The highest BCUT2D eigenvalue weighted by atomic mass is 79.9. The molecule has 1 aromatic heterocycles. The number of nitrogens with one attached hydrogen (secondary N) is 1. The lowest BCUT2D eigenvalue weighted by Gasteiger charge is -2.05. The van der Waals surface area contributed by atoms with Crippen LogP contribution >= 0.6 is 15.9 Å². The smallest absolute Gasteiger partial charge is 0.307 e. The molecule has 0 fully saturated rings. The van der Waals surface area contributed by atoms with Crippen LogP contribution in [0, 0.1) is 0 Å². The highest BCUT2D eigenvalue weighted by Crippen LogP contribution is 2.19. The summed E-state index contributed by atoms with van der Waals surface area (Å²) in [5.41, 5.74) is 6.45. The highest BCUT2D eigenvalue weighted by molar-refractivity contribution is 9.10. The first-order chi connectivity index (χ1) is 11.6. The first kappa shape index (κ1) is 16.2. The van der Waals surface area contributed by atoms with Crippen molar-refractivity contribution in [3.63, 3.8) is 0 Å². The predicted octanol–water partition coefficient (Wildman–Crippen LogP) is 4.86. The number of halogens is 1. The van der Waals surface area contributed by atoms with E-state index in [1.807, 2.05) is 49.4 Å². The molecular formula is C19H15BrN2O2. The minimum atomic E-state index is -0.388. The van der Waals surface area contributed by atoms with Crippen molar-refractivity contribution in [1.82, 2.24) is 5.43 Å². The highest BCUT2D eigenvalue weighted by Gasteiger charge is 2.09. The Balaban J connectivity index is 1.70. The lowest BCUT2D eigenvalue weighted by atomic mass is 10.0. The van der Waals surface area contributed by atoms with Gasteiger partial charge in [-0.2, -0.15) is 5.10 Å². The van der Waals surface area contributed by atoms with Crippen molar-refractivity contribution in [2.75, 3.05) is 0 Å². The number of nitrogens with zero attached hydrogens (tertiary/aromatic N) is 1. The van der Waals surface area contributed by atoms with Crippen molar-refractivity contribution in [3.8, 4) is 11.1 Å². The maximum atomic E-state index is 11.9. The molecule has 0 atom stereocenters. The predicted molar refractivity (Wildman–Crippen MR) is 98.0 cm³/mol. The Labute approximate surface area is 148 Å². The van der Waals surface area contributed by atoms with E-state index in [4.69, 9.17) is 4.42 Å². The van der Waals surface area contributed by atoms with Crippen LogP contribution in [0.15, 0.2) is 80.9 Å². The van der Waals surface area contributed by atoms with Crippen molar-refractivity contribution in [3.05, 3.63) is 82.7 Å². The fourth-order valence-electron chi connectivity index (χ4n) is 2.23. The topological polar surface area (TPSA) is 54.6 Å². The van der Waals surface area contributed by atoms with Gasteiger partial charge in [-0.15, -0.1) is 0 Å². The maximum Gasteiger partial charge on any atom is 0.307 e. The molecule has 0 radical (unpaired) electrons.